The SMILES string of the molecule is O=C(NC1CCN(Cc2ccccc2)CC1)[C@H]1COC2(CCCCC2)N1C(=O)c1ccc(C(F)(F)F)cc1. The first-order chi connectivity index (χ1) is 18.2. The zero-order chi connectivity index (χ0) is 26.8. The fraction of sp³-hybridized carbons (Fsp3) is 0.517. The van der Waals surface area contributed by atoms with Crippen LogP contribution >= 0.6 is 0 Å². The monoisotopic (exact) mass is 529 g/mol. The van der Waals surface area contributed by atoms with Crippen LogP contribution in [0.1, 0.15) is 66.4 Å². The zero-order valence-electron chi connectivity index (χ0n) is 21.4. The minimum absolute atomic E-state index is 0.000417. The molecule has 5 rings (SSSR count). The Balaban J connectivity index is 1.26. The molecule has 1 atom stereocenters. The smallest absolute Gasteiger partial charge is 0.353 e. The van der Waals surface area contributed by atoms with Crippen molar-refractivity contribution in [2.24, 2.45) is 0 Å². The van der Waals surface area contributed by atoms with Crippen LogP contribution in [0.2, 0.25) is 0 Å². The molecule has 2 aromatic rings. The van der Waals surface area contributed by atoms with Gasteiger partial charge < -0.3 is 10.1 Å². The lowest BCUT2D eigenvalue weighted by Crippen LogP contribution is -2.58. The predicted molar refractivity (Wildman–Crippen MR) is 136 cm³/mol. The molecule has 0 unspecified atom stereocenters. The Morgan fingerprint density at radius 3 is 2.24 bits per heavy atom. The van der Waals surface area contributed by atoms with E-state index in [0.29, 0.717) is 12.8 Å². The standard InChI is InChI=1S/C29H34F3N3O3/c30-29(31,32)23-11-9-22(10-12-23)27(37)35-25(20-38-28(35)15-5-2-6-16-28)26(36)33-24-13-17-34(18-14-24)19-21-7-3-1-4-8-21/h1,3-4,7-12,24-25H,2,5-6,13-20H2,(H,33,36)/t25-/m1/s1. The number of rotatable bonds is 5. The van der Waals surface area contributed by atoms with E-state index < -0.39 is 29.4 Å². The van der Waals surface area contributed by atoms with Gasteiger partial charge in [-0.1, -0.05) is 36.8 Å². The number of likely N-dealkylation sites (tertiary alicyclic amines) is 1. The van der Waals surface area contributed by atoms with E-state index in [2.05, 4.69) is 22.3 Å². The molecule has 1 saturated carbocycles. The van der Waals surface area contributed by atoms with Crippen molar-refractivity contribution in [3.05, 3.63) is 71.3 Å². The number of hydrogen-bond donors (Lipinski definition) is 1. The second-order valence-corrected chi connectivity index (χ2v) is 10.6. The number of amides is 2. The number of ether oxygens (including phenoxy) is 1. The van der Waals surface area contributed by atoms with E-state index in [1.165, 1.54) is 22.6 Å². The number of nitrogens with zero attached hydrogens (tertiary/aromatic N) is 2. The number of nitrogens with one attached hydrogen (secondary N) is 1. The zero-order valence-corrected chi connectivity index (χ0v) is 21.4. The van der Waals surface area contributed by atoms with Gasteiger partial charge in [-0.05, 0) is 68.4 Å². The van der Waals surface area contributed by atoms with Crippen LogP contribution in [0.25, 0.3) is 0 Å². The lowest BCUT2D eigenvalue weighted by atomic mass is 9.89. The van der Waals surface area contributed by atoms with E-state index in [9.17, 15) is 22.8 Å². The van der Waals surface area contributed by atoms with Gasteiger partial charge in [0, 0.05) is 31.2 Å². The lowest BCUT2D eigenvalue weighted by molar-refractivity contribution is -0.137. The third-order valence-electron chi connectivity index (χ3n) is 8.06. The summed E-state index contributed by atoms with van der Waals surface area (Å²) in [5, 5.41) is 3.14. The van der Waals surface area contributed by atoms with Crippen molar-refractivity contribution >= 4 is 11.8 Å². The summed E-state index contributed by atoms with van der Waals surface area (Å²) in [7, 11) is 0. The molecule has 9 heteroatoms. The molecule has 3 aliphatic rings. The molecule has 0 radical (unpaired) electrons. The molecular weight excluding hydrogens is 495 g/mol. The first kappa shape index (κ1) is 26.7. The molecule has 38 heavy (non-hydrogen) atoms. The van der Waals surface area contributed by atoms with Crippen LogP contribution in [0.15, 0.2) is 54.6 Å². The van der Waals surface area contributed by atoms with Gasteiger partial charge in [-0.25, -0.2) is 0 Å². The van der Waals surface area contributed by atoms with E-state index in [-0.39, 0.29) is 24.1 Å². The Morgan fingerprint density at radius 1 is 0.947 bits per heavy atom. The van der Waals surface area contributed by atoms with Gasteiger partial charge in [0.25, 0.3) is 5.91 Å². The van der Waals surface area contributed by atoms with Crippen LogP contribution < -0.4 is 5.32 Å². The summed E-state index contributed by atoms with van der Waals surface area (Å²) in [5.74, 6) is -0.717. The molecule has 2 saturated heterocycles. The van der Waals surface area contributed by atoms with E-state index >= 15 is 0 Å². The number of piperidine rings is 1. The van der Waals surface area contributed by atoms with Gasteiger partial charge in [-0.2, -0.15) is 13.2 Å². The molecule has 204 valence electrons. The van der Waals surface area contributed by atoms with Gasteiger partial charge in [-0.15, -0.1) is 0 Å². The fourth-order valence-electron chi connectivity index (χ4n) is 5.99. The molecular formula is C29H34F3N3O3. The minimum Gasteiger partial charge on any atom is -0.353 e. The fourth-order valence-corrected chi connectivity index (χ4v) is 5.99. The second kappa shape index (κ2) is 11.1. The number of benzene rings is 2. The van der Waals surface area contributed by atoms with Crippen LogP contribution in [-0.4, -0.2) is 59.1 Å². The van der Waals surface area contributed by atoms with Crippen molar-refractivity contribution in [1.82, 2.24) is 15.1 Å². The molecule has 2 heterocycles. The highest BCUT2D eigenvalue weighted by atomic mass is 19.4. The second-order valence-electron chi connectivity index (χ2n) is 10.6. The number of hydrogen-bond acceptors (Lipinski definition) is 4. The summed E-state index contributed by atoms with van der Waals surface area (Å²) < 4.78 is 45.4. The van der Waals surface area contributed by atoms with Crippen LogP contribution in [0, 0.1) is 0 Å². The van der Waals surface area contributed by atoms with Gasteiger partial charge in [0.1, 0.15) is 11.8 Å². The van der Waals surface area contributed by atoms with E-state index in [0.717, 1.165) is 63.9 Å². The average Bonchev–Trinajstić information content (AvgIpc) is 3.28. The van der Waals surface area contributed by atoms with Gasteiger partial charge in [0.15, 0.2) is 0 Å². The first-order valence-electron chi connectivity index (χ1n) is 13.5. The normalized spacial score (nSPS) is 22.5. The summed E-state index contributed by atoms with van der Waals surface area (Å²) in [6.07, 6.45) is 1.11. The highest BCUT2D eigenvalue weighted by Gasteiger charge is 2.53. The van der Waals surface area contributed by atoms with E-state index in [4.69, 9.17) is 4.74 Å². The largest absolute Gasteiger partial charge is 0.416 e. The van der Waals surface area contributed by atoms with Crippen LogP contribution in [0.3, 0.4) is 0 Å². The number of carbonyl (C=O) groups excluding carboxylic acids is 2. The molecule has 6 nitrogen and oxygen atoms in total. The van der Waals surface area contributed by atoms with Crippen molar-refractivity contribution in [3.8, 4) is 0 Å². The van der Waals surface area contributed by atoms with Crippen molar-refractivity contribution in [2.45, 2.75) is 75.5 Å². The number of alkyl halides is 3. The van der Waals surface area contributed by atoms with Crippen molar-refractivity contribution in [2.75, 3.05) is 19.7 Å². The maximum absolute atomic E-state index is 13.7. The third-order valence-corrected chi connectivity index (χ3v) is 8.06. The van der Waals surface area contributed by atoms with Crippen molar-refractivity contribution in [1.29, 1.82) is 0 Å². The molecule has 0 bridgehead atoms. The van der Waals surface area contributed by atoms with Crippen LogP contribution in [0.5, 0.6) is 0 Å². The Hall–Kier alpha value is -2.91. The Morgan fingerprint density at radius 2 is 1.61 bits per heavy atom. The molecule has 1 N–H and O–H groups in total. The van der Waals surface area contributed by atoms with Crippen LogP contribution in [-0.2, 0) is 22.3 Å². The Labute approximate surface area is 221 Å². The summed E-state index contributed by atoms with van der Waals surface area (Å²) in [5.41, 5.74) is -0.320. The Bertz CT molecular complexity index is 1110. The predicted octanol–water partition coefficient (Wildman–Crippen LogP) is 4.99. The summed E-state index contributed by atoms with van der Waals surface area (Å²) >= 11 is 0. The number of carbonyl (C=O) groups is 2. The van der Waals surface area contributed by atoms with Crippen LogP contribution in [0.4, 0.5) is 13.2 Å². The Kier molecular flexibility index (Phi) is 7.77. The molecule has 1 spiro atoms. The van der Waals surface area contributed by atoms with E-state index in [1.54, 1.807) is 0 Å². The topological polar surface area (TPSA) is 61.9 Å². The molecule has 2 amide bonds. The quantitative estimate of drug-likeness (QED) is 0.593. The molecule has 3 fully saturated rings. The van der Waals surface area contributed by atoms with Gasteiger partial charge in [0.05, 0.1) is 12.2 Å². The van der Waals surface area contributed by atoms with Crippen molar-refractivity contribution < 1.29 is 27.5 Å². The molecule has 0 aromatic heterocycles. The van der Waals surface area contributed by atoms with Gasteiger partial charge in [0.2, 0.25) is 5.91 Å². The highest BCUT2D eigenvalue weighted by molar-refractivity contribution is 5.98. The summed E-state index contributed by atoms with van der Waals surface area (Å²) in [6, 6.07) is 13.7. The maximum Gasteiger partial charge on any atom is 0.416 e. The maximum atomic E-state index is 13.7. The third kappa shape index (κ3) is 5.73. The minimum atomic E-state index is -4.48. The van der Waals surface area contributed by atoms with Gasteiger partial charge >= 0.3 is 6.18 Å². The highest BCUT2D eigenvalue weighted by Crippen LogP contribution is 2.41. The van der Waals surface area contributed by atoms with Crippen molar-refractivity contribution in [3.63, 3.8) is 0 Å². The molecule has 2 aromatic carbocycles. The lowest BCUT2D eigenvalue weighted by Gasteiger charge is -2.42. The van der Waals surface area contributed by atoms with Gasteiger partial charge in [-0.3, -0.25) is 19.4 Å². The average molecular weight is 530 g/mol. The summed E-state index contributed by atoms with van der Waals surface area (Å²) in [6.45, 7) is 2.68. The molecule has 1 aliphatic carbocycles. The first-order valence-corrected chi connectivity index (χ1v) is 13.5. The van der Waals surface area contributed by atoms with E-state index in [1.807, 2.05) is 18.2 Å². The summed E-state index contributed by atoms with van der Waals surface area (Å²) in [4.78, 5) is 31.1. The molecule has 2 aliphatic heterocycles. The number of halogens is 3.